The van der Waals surface area contributed by atoms with Crippen molar-refractivity contribution in [2.45, 2.75) is 0 Å². The molecule has 0 unspecified atom stereocenters. The molecule has 1 aliphatic rings. The van der Waals surface area contributed by atoms with Gasteiger partial charge in [-0.3, -0.25) is 0 Å². The first-order valence-corrected chi connectivity index (χ1v) is 7.28. The number of carbonyl (C=O) groups excluding carboxylic acids is 1. The molecule has 0 atom stereocenters. The van der Waals surface area contributed by atoms with Crippen molar-refractivity contribution in [1.82, 2.24) is 0 Å². The lowest BCUT2D eigenvalue weighted by atomic mass is 10.0. The number of hydrogen-bond donors (Lipinski definition) is 0. The molecule has 0 fully saturated rings. The molecule has 0 radical (unpaired) electrons. The second-order valence-electron chi connectivity index (χ2n) is 4.05. The van der Waals surface area contributed by atoms with E-state index in [1.807, 2.05) is 17.5 Å². The zero-order valence-corrected chi connectivity index (χ0v) is 12.3. The van der Waals surface area contributed by atoms with E-state index in [4.69, 9.17) is 28.0 Å². The van der Waals surface area contributed by atoms with Gasteiger partial charge in [-0.15, -0.1) is 11.3 Å². The van der Waals surface area contributed by atoms with Crippen LogP contribution < -0.4 is 0 Å². The number of thiophene rings is 1. The minimum atomic E-state index is -0.482. The maximum atomic E-state index is 11.8. The Morgan fingerprint density at radius 1 is 1.20 bits per heavy atom. The molecule has 0 aliphatic carbocycles. The maximum absolute atomic E-state index is 11.8. The smallest absolute Gasteiger partial charge is 0.312 e. The zero-order chi connectivity index (χ0) is 14.1. The molecule has 3 nitrogen and oxygen atoms in total. The van der Waals surface area contributed by atoms with Crippen molar-refractivity contribution in [3.63, 3.8) is 0 Å². The van der Waals surface area contributed by atoms with Crippen molar-refractivity contribution in [3.05, 3.63) is 61.8 Å². The summed E-state index contributed by atoms with van der Waals surface area (Å²) in [6, 6.07) is 8.82. The summed E-state index contributed by atoms with van der Waals surface area (Å²) in [4.78, 5) is 17.5. The number of halogens is 2. The predicted molar refractivity (Wildman–Crippen MR) is 81.4 cm³/mol. The fourth-order valence-corrected chi connectivity index (χ4v) is 3.01. The number of hydrogen-bond acceptors (Lipinski definition) is 4. The van der Waals surface area contributed by atoms with Crippen LogP contribution in [0.5, 0.6) is 0 Å². The summed E-state index contributed by atoms with van der Waals surface area (Å²) in [6.07, 6.45) is 1.74. The summed E-state index contributed by atoms with van der Waals surface area (Å²) in [7, 11) is 0. The number of rotatable bonds is 2. The lowest BCUT2D eigenvalue weighted by Gasteiger charge is -2.02. The van der Waals surface area contributed by atoms with Crippen molar-refractivity contribution < 1.29 is 9.63 Å². The molecule has 1 aromatic carbocycles. The molecule has 0 amide bonds. The zero-order valence-electron chi connectivity index (χ0n) is 9.97. The van der Waals surface area contributed by atoms with Crippen LogP contribution in [0.4, 0.5) is 0 Å². The minimum absolute atomic E-state index is 0.394. The van der Waals surface area contributed by atoms with Crippen molar-refractivity contribution in [3.8, 4) is 0 Å². The molecule has 0 spiro atoms. The summed E-state index contributed by atoms with van der Waals surface area (Å²) in [6.45, 7) is 0. The standard InChI is InChI=1S/C14H7Cl2NO2S/c15-9-4-8(5-10(16)6-9)13-12(14(18)19-17-13)7-11-2-1-3-20-11/h1-7H/b12-7-. The lowest BCUT2D eigenvalue weighted by molar-refractivity contribution is -0.136. The Labute approximate surface area is 129 Å². The second-order valence-corrected chi connectivity index (χ2v) is 5.90. The molecule has 0 N–H and O–H groups in total. The Morgan fingerprint density at radius 3 is 2.60 bits per heavy atom. The highest BCUT2D eigenvalue weighted by molar-refractivity contribution is 7.10. The van der Waals surface area contributed by atoms with Gasteiger partial charge in [-0.25, -0.2) is 4.79 Å². The highest BCUT2D eigenvalue weighted by atomic mass is 35.5. The van der Waals surface area contributed by atoms with Gasteiger partial charge in [0.1, 0.15) is 5.71 Å². The first kappa shape index (κ1) is 13.4. The SMILES string of the molecule is O=C1ON=C(c2cc(Cl)cc(Cl)c2)/C1=C/c1cccs1. The quantitative estimate of drug-likeness (QED) is 0.607. The van der Waals surface area contributed by atoms with Gasteiger partial charge in [-0.2, -0.15) is 0 Å². The van der Waals surface area contributed by atoms with Crippen molar-refractivity contribution in [2.24, 2.45) is 5.16 Å². The number of carbonyl (C=O) groups is 1. The molecule has 2 heterocycles. The number of oxime groups is 1. The van der Waals surface area contributed by atoms with Crippen LogP contribution in [0.25, 0.3) is 6.08 Å². The average Bonchev–Trinajstić information content (AvgIpc) is 3.00. The molecule has 0 saturated carbocycles. The first-order chi connectivity index (χ1) is 9.63. The molecular formula is C14H7Cl2NO2S. The normalized spacial score (nSPS) is 16.4. The fourth-order valence-electron chi connectivity index (χ4n) is 1.82. The third-order valence-corrected chi connectivity index (χ3v) is 3.92. The monoisotopic (exact) mass is 323 g/mol. The molecule has 1 aromatic heterocycles. The van der Waals surface area contributed by atoms with Gasteiger partial charge in [0.15, 0.2) is 0 Å². The Morgan fingerprint density at radius 2 is 1.95 bits per heavy atom. The summed E-state index contributed by atoms with van der Waals surface area (Å²) in [5, 5.41) is 6.70. The number of benzene rings is 1. The highest BCUT2D eigenvalue weighted by Gasteiger charge is 2.27. The molecule has 100 valence electrons. The Bertz CT molecular complexity index is 715. The fraction of sp³-hybridized carbons (Fsp3) is 0. The van der Waals surface area contributed by atoms with Crippen LogP contribution in [-0.4, -0.2) is 11.7 Å². The van der Waals surface area contributed by atoms with E-state index in [1.54, 1.807) is 24.3 Å². The summed E-state index contributed by atoms with van der Waals surface area (Å²) in [5.74, 6) is -0.482. The van der Waals surface area contributed by atoms with Gasteiger partial charge in [0.25, 0.3) is 0 Å². The van der Waals surface area contributed by atoms with Crippen LogP contribution in [0.15, 0.2) is 46.4 Å². The highest BCUT2D eigenvalue weighted by Crippen LogP contribution is 2.26. The largest absolute Gasteiger partial charge is 0.368 e. The van der Waals surface area contributed by atoms with Crippen LogP contribution in [0, 0.1) is 0 Å². The summed E-state index contributed by atoms with van der Waals surface area (Å²) >= 11 is 13.5. The van der Waals surface area contributed by atoms with Gasteiger partial charge in [0.05, 0.1) is 5.57 Å². The van der Waals surface area contributed by atoms with Crippen LogP contribution in [-0.2, 0) is 9.63 Å². The molecule has 0 bridgehead atoms. The Balaban J connectivity index is 2.06. The Hall–Kier alpha value is -1.62. The molecule has 6 heteroatoms. The van der Waals surface area contributed by atoms with E-state index in [2.05, 4.69) is 5.16 Å². The molecule has 0 saturated heterocycles. The van der Waals surface area contributed by atoms with Gasteiger partial charge in [0.2, 0.25) is 0 Å². The molecule has 1 aliphatic heterocycles. The minimum Gasteiger partial charge on any atom is -0.312 e. The van der Waals surface area contributed by atoms with E-state index in [1.165, 1.54) is 11.3 Å². The van der Waals surface area contributed by atoms with E-state index in [0.717, 1.165) is 4.88 Å². The van der Waals surface area contributed by atoms with Crippen LogP contribution in [0.3, 0.4) is 0 Å². The van der Waals surface area contributed by atoms with E-state index < -0.39 is 5.97 Å². The van der Waals surface area contributed by atoms with Crippen molar-refractivity contribution >= 4 is 52.3 Å². The first-order valence-electron chi connectivity index (χ1n) is 5.65. The summed E-state index contributed by atoms with van der Waals surface area (Å²) in [5.41, 5.74) is 1.48. The third-order valence-electron chi connectivity index (χ3n) is 2.66. The molecular weight excluding hydrogens is 317 g/mol. The van der Waals surface area contributed by atoms with Crippen molar-refractivity contribution in [2.75, 3.05) is 0 Å². The van der Waals surface area contributed by atoms with E-state index in [9.17, 15) is 4.79 Å². The third kappa shape index (κ3) is 2.63. The molecule has 2 aromatic rings. The summed E-state index contributed by atoms with van der Waals surface area (Å²) < 4.78 is 0. The second kappa shape index (κ2) is 5.40. The van der Waals surface area contributed by atoms with Crippen LogP contribution in [0.2, 0.25) is 10.0 Å². The molecule has 3 rings (SSSR count). The van der Waals surface area contributed by atoms with Gasteiger partial charge in [0, 0.05) is 20.5 Å². The topological polar surface area (TPSA) is 38.7 Å². The number of nitrogens with zero attached hydrogens (tertiary/aromatic N) is 1. The van der Waals surface area contributed by atoms with E-state index >= 15 is 0 Å². The van der Waals surface area contributed by atoms with Crippen LogP contribution >= 0.6 is 34.5 Å². The van der Waals surface area contributed by atoms with E-state index in [0.29, 0.717) is 26.9 Å². The predicted octanol–water partition coefficient (Wildman–Crippen LogP) is 4.40. The van der Waals surface area contributed by atoms with Gasteiger partial charge in [-0.05, 0) is 35.7 Å². The molecule has 20 heavy (non-hydrogen) atoms. The van der Waals surface area contributed by atoms with Gasteiger partial charge >= 0.3 is 5.97 Å². The van der Waals surface area contributed by atoms with Gasteiger partial charge in [-0.1, -0.05) is 34.4 Å². The maximum Gasteiger partial charge on any atom is 0.368 e. The van der Waals surface area contributed by atoms with Crippen molar-refractivity contribution in [1.29, 1.82) is 0 Å². The van der Waals surface area contributed by atoms with Crippen LogP contribution in [0.1, 0.15) is 10.4 Å². The Kier molecular flexibility index (Phi) is 3.61. The van der Waals surface area contributed by atoms with E-state index in [-0.39, 0.29) is 0 Å². The average molecular weight is 324 g/mol. The van der Waals surface area contributed by atoms with Gasteiger partial charge < -0.3 is 4.84 Å². The lowest BCUT2D eigenvalue weighted by Crippen LogP contribution is -2.06.